The van der Waals surface area contributed by atoms with Gasteiger partial charge < -0.3 is 14.9 Å². The molecule has 0 spiro atoms. The molecule has 0 saturated carbocycles. The van der Waals surface area contributed by atoms with Gasteiger partial charge in [0.2, 0.25) is 5.91 Å². The molecule has 0 bridgehead atoms. The number of hydrogen-bond acceptors (Lipinski definition) is 6. The SMILES string of the molecule is Cc1ccc2cc(N3CCN(C(=O)[C@@H](CC(C)C)[C@H](O)C(=O)NO)CC3)ccc2n1. The number of nitrogens with zero attached hydrogens (tertiary/aromatic N) is 3. The lowest BCUT2D eigenvalue weighted by Crippen LogP contribution is -2.53. The number of carbonyl (C=O) groups is 2. The number of anilines is 1. The van der Waals surface area contributed by atoms with Crippen molar-refractivity contribution in [3.05, 3.63) is 36.0 Å². The fraction of sp³-hybridized carbons (Fsp3) is 0.500. The molecule has 1 aromatic carbocycles. The summed E-state index contributed by atoms with van der Waals surface area (Å²) >= 11 is 0. The molecular formula is C22H30N4O4. The van der Waals surface area contributed by atoms with Gasteiger partial charge in [0.05, 0.1) is 11.4 Å². The predicted molar refractivity (Wildman–Crippen MR) is 114 cm³/mol. The third kappa shape index (κ3) is 4.88. The highest BCUT2D eigenvalue weighted by Gasteiger charge is 2.36. The van der Waals surface area contributed by atoms with Gasteiger partial charge in [0.25, 0.3) is 5.91 Å². The maximum atomic E-state index is 13.0. The van der Waals surface area contributed by atoms with E-state index in [1.165, 1.54) is 5.48 Å². The molecule has 1 fully saturated rings. The Morgan fingerprint density at radius 1 is 1.13 bits per heavy atom. The largest absolute Gasteiger partial charge is 0.382 e. The van der Waals surface area contributed by atoms with E-state index in [0.717, 1.165) is 22.3 Å². The molecule has 2 atom stereocenters. The molecular weight excluding hydrogens is 384 g/mol. The standard InChI is InChI=1S/C22H30N4O4/c1-14(2)12-18(20(27)21(28)24-30)22(29)26-10-8-25(9-11-26)17-6-7-19-16(13-17)5-4-15(3)23-19/h4-7,13-14,18,20,27,30H,8-12H2,1-3H3,(H,24,28)/t18-,20-/m0/s1. The van der Waals surface area contributed by atoms with E-state index in [0.29, 0.717) is 32.6 Å². The van der Waals surface area contributed by atoms with Crippen LogP contribution in [-0.2, 0) is 9.59 Å². The topological polar surface area (TPSA) is 106 Å². The van der Waals surface area contributed by atoms with E-state index in [9.17, 15) is 14.7 Å². The molecule has 30 heavy (non-hydrogen) atoms. The number of rotatable bonds is 6. The first kappa shape index (κ1) is 22.0. The van der Waals surface area contributed by atoms with Crippen molar-refractivity contribution < 1.29 is 19.9 Å². The maximum absolute atomic E-state index is 13.0. The van der Waals surface area contributed by atoms with Gasteiger partial charge in [-0.25, -0.2) is 5.48 Å². The van der Waals surface area contributed by atoms with Gasteiger partial charge in [-0.15, -0.1) is 0 Å². The number of nitrogens with one attached hydrogen (secondary N) is 1. The molecule has 1 aliphatic rings. The van der Waals surface area contributed by atoms with Crippen LogP contribution >= 0.6 is 0 Å². The Hall–Kier alpha value is -2.71. The number of aliphatic hydroxyl groups excluding tert-OH is 1. The van der Waals surface area contributed by atoms with Crippen molar-refractivity contribution in [3.63, 3.8) is 0 Å². The van der Waals surface area contributed by atoms with Crippen LogP contribution in [0.2, 0.25) is 0 Å². The average molecular weight is 415 g/mol. The summed E-state index contributed by atoms with van der Waals surface area (Å²) in [6, 6.07) is 10.2. The smallest absolute Gasteiger partial charge is 0.272 e. The second-order valence-corrected chi connectivity index (χ2v) is 8.30. The fourth-order valence-corrected chi connectivity index (χ4v) is 3.95. The number of hydrogen-bond donors (Lipinski definition) is 3. The van der Waals surface area contributed by atoms with Gasteiger partial charge >= 0.3 is 0 Å². The van der Waals surface area contributed by atoms with Crippen molar-refractivity contribution in [1.82, 2.24) is 15.4 Å². The van der Waals surface area contributed by atoms with E-state index in [-0.39, 0.29) is 11.8 Å². The molecule has 3 N–H and O–H groups in total. The van der Waals surface area contributed by atoms with E-state index in [2.05, 4.69) is 22.0 Å². The number of aryl methyl sites for hydroxylation is 1. The van der Waals surface area contributed by atoms with Gasteiger partial charge in [0.15, 0.2) is 0 Å². The van der Waals surface area contributed by atoms with Crippen molar-refractivity contribution in [2.45, 2.75) is 33.3 Å². The van der Waals surface area contributed by atoms with Crippen molar-refractivity contribution in [2.24, 2.45) is 11.8 Å². The summed E-state index contributed by atoms with van der Waals surface area (Å²) in [4.78, 5) is 33.2. The van der Waals surface area contributed by atoms with Crippen LogP contribution in [0.1, 0.15) is 26.0 Å². The highest BCUT2D eigenvalue weighted by atomic mass is 16.5. The second kappa shape index (κ2) is 9.40. The molecule has 2 aromatic rings. The Balaban J connectivity index is 1.68. The first-order valence-electron chi connectivity index (χ1n) is 10.3. The minimum Gasteiger partial charge on any atom is -0.382 e. The summed E-state index contributed by atoms with van der Waals surface area (Å²) in [5.74, 6) is -1.96. The van der Waals surface area contributed by atoms with Crippen LogP contribution in [-0.4, -0.2) is 64.3 Å². The Bertz CT molecular complexity index is 909. The van der Waals surface area contributed by atoms with E-state index in [4.69, 9.17) is 5.21 Å². The van der Waals surface area contributed by atoms with Crippen molar-refractivity contribution >= 4 is 28.4 Å². The van der Waals surface area contributed by atoms with E-state index < -0.39 is 17.9 Å². The number of benzene rings is 1. The number of carbonyl (C=O) groups excluding carboxylic acids is 2. The summed E-state index contributed by atoms with van der Waals surface area (Å²) < 4.78 is 0. The molecule has 2 amide bonds. The summed E-state index contributed by atoms with van der Waals surface area (Å²) in [5.41, 5.74) is 4.47. The molecule has 8 nitrogen and oxygen atoms in total. The molecule has 1 aliphatic heterocycles. The minimum atomic E-state index is -1.57. The van der Waals surface area contributed by atoms with Gasteiger partial charge in [-0.1, -0.05) is 19.9 Å². The van der Waals surface area contributed by atoms with E-state index in [1.807, 2.05) is 39.0 Å². The summed E-state index contributed by atoms with van der Waals surface area (Å²) in [6.45, 7) is 8.16. The number of fused-ring (bicyclic) bond motifs is 1. The van der Waals surface area contributed by atoms with Crippen LogP contribution in [0.3, 0.4) is 0 Å². The van der Waals surface area contributed by atoms with Crippen molar-refractivity contribution in [3.8, 4) is 0 Å². The number of pyridine rings is 1. The van der Waals surface area contributed by atoms with Crippen molar-refractivity contribution in [2.75, 3.05) is 31.1 Å². The average Bonchev–Trinajstić information content (AvgIpc) is 2.75. The van der Waals surface area contributed by atoms with Crippen LogP contribution in [0.5, 0.6) is 0 Å². The van der Waals surface area contributed by atoms with Gasteiger partial charge in [-0.3, -0.25) is 19.8 Å². The number of aromatic nitrogens is 1. The minimum absolute atomic E-state index is 0.122. The summed E-state index contributed by atoms with van der Waals surface area (Å²) in [7, 11) is 0. The van der Waals surface area contributed by atoms with Crippen molar-refractivity contribution in [1.29, 1.82) is 0 Å². The molecule has 162 valence electrons. The highest BCUT2D eigenvalue weighted by molar-refractivity contribution is 5.89. The summed E-state index contributed by atoms with van der Waals surface area (Å²) in [5, 5.41) is 20.2. The number of amides is 2. The molecule has 0 unspecified atom stereocenters. The third-order valence-electron chi connectivity index (χ3n) is 5.57. The van der Waals surface area contributed by atoms with Crippen LogP contribution in [0.25, 0.3) is 10.9 Å². The maximum Gasteiger partial charge on any atom is 0.272 e. The summed E-state index contributed by atoms with van der Waals surface area (Å²) in [6.07, 6.45) is -1.20. The lowest BCUT2D eigenvalue weighted by Gasteiger charge is -2.38. The molecule has 1 aromatic heterocycles. The molecule has 0 aliphatic carbocycles. The Labute approximate surface area is 176 Å². The zero-order chi connectivity index (χ0) is 21.8. The normalized spacial score (nSPS) is 16.6. The lowest BCUT2D eigenvalue weighted by atomic mass is 9.90. The number of aliphatic hydroxyl groups is 1. The highest BCUT2D eigenvalue weighted by Crippen LogP contribution is 2.24. The first-order valence-corrected chi connectivity index (χ1v) is 10.3. The zero-order valence-corrected chi connectivity index (χ0v) is 17.7. The second-order valence-electron chi connectivity index (χ2n) is 8.30. The molecule has 2 heterocycles. The number of piperazine rings is 1. The van der Waals surface area contributed by atoms with Gasteiger partial charge in [0, 0.05) is 42.9 Å². The molecule has 1 saturated heterocycles. The Morgan fingerprint density at radius 2 is 1.83 bits per heavy atom. The van der Waals surface area contributed by atoms with E-state index >= 15 is 0 Å². The monoisotopic (exact) mass is 414 g/mol. The quantitative estimate of drug-likeness (QED) is 0.491. The van der Waals surface area contributed by atoms with Crippen LogP contribution in [0.4, 0.5) is 5.69 Å². The predicted octanol–water partition coefficient (Wildman–Crippen LogP) is 1.72. The lowest BCUT2D eigenvalue weighted by molar-refractivity contribution is -0.151. The zero-order valence-electron chi connectivity index (χ0n) is 17.7. The van der Waals surface area contributed by atoms with Gasteiger partial charge in [0.1, 0.15) is 6.10 Å². The van der Waals surface area contributed by atoms with Gasteiger partial charge in [-0.05, 0) is 43.5 Å². The van der Waals surface area contributed by atoms with Crippen LogP contribution in [0, 0.1) is 18.8 Å². The van der Waals surface area contributed by atoms with E-state index in [1.54, 1.807) is 4.90 Å². The van der Waals surface area contributed by atoms with Gasteiger partial charge in [-0.2, -0.15) is 0 Å². The molecule has 3 rings (SSSR count). The molecule has 0 radical (unpaired) electrons. The van der Waals surface area contributed by atoms with Crippen LogP contribution in [0.15, 0.2) is 30.3 Å². The Kier molecular flexibility index (Phi) is 6.89. The third-order valence-corrected chi connectivity index (χ3v) is 5.57. The fourth-order valence-electron chi connectivity index (χ4n) is 3.95. The van der Waals surface area contributed by atoms with Crippen LogP contribution < -0.4 is 10.4 Å². The molecule has 8 heteroatoms. The first-order chi connectivity index (χ1) is 14.3. The Morgan fingerprint density at radius 3 is 2.47 bits per heavy atom. The number of hydroxylamine groups is 1.